The Labute approximate surface area is 81.2 Å². The van der Waals surface area contributed by atoms with Crippen LogP contribution in [0.25, 0.3) is 0 Å². The average molecular weight is 177 g/mol. The van der Waals surface area contributed by atoms with E-state index in [0.717, 1.165) is 12.8 Å². The van der Waals surface area contributed by atoms with Crippen LogP contribution in [-0.4, -0.2) is 7.05 Å². The summed E-state index contributed by atoms with van der Waals surface area (Å²) >= 11 is 0. The van der Waals surface area contributed by atoms with Crippen molar-refractivity contribution in [3.8, 4) is 0 Å². The van der Waals surface area contributed by atoms with E-state index in [0.29, 0.717) is 0 Å². The Morgan fingerprint density at radius 1 is 1.08 bits per heavy atom. The summed E-state index contributed by atoms with van der Waals surface area (Å²) < 4.78 is 0. The van der Waals surface area contributed by atoms with Crippen molar-refractivity contribution < 1.29 is 0 Å². The molecule has 1 nitrogen and oxygen atoms in total. The van der Waals surface area contributed by atoms with Crippen molar-refractivity contribution >= 4 is 5.69 Å². The molecule has 72 valence electrons. The van der Waals surface area contributed by atoms with Gasteiger partial charge in [-0.25, -0.2) is 0 Å². The molecule has 1 heteroatoms. The van der Waals surface area contributed by atoms with Gasteiger partial charge in [0.05, 0.1) is 0 Å². The molecule has 1 aromatic carbocycles. The van der Waals surface area contributed by atoms with Crippen molar-refractivity contribution in [2.75, 3.05) is 12.4 Å². The number of anilines is 1. The molecule has 1 N–H and O–H groups in total. The van der Waals surface area contributed by atoms with Crippen LogP contribution in [0, 0.1) is 6.92 Å². The lowest BCUT2D eigenvalue weighted by atomic mass is 10.00. The summed E-state index contributed by atoms with van der Waals surface area (Å²) in [5, 5.41) is 3.29. The highest BCUT2D eigenvalue weighted by molar-refractivity contribution is 5.58. The summed E-state index contributed by atoms with van der Waals surface area (Å²) in [5.74, 6) is 0. The zero-order valence-electron chi connectivity index (χ0n) is 9.07. The van der Waals surface area contributed by atoms with Gasteiger partial charge in [0, 0.05) is 12.7 Å². The minimum atomic E-state index is 1.10. The molecule has 1 aromatic rings. The van der Waals surface area contributed by atoms with Gasteiger partial charge in [-0.2, -0.15) is 0 Å². The molecule has 0 spiro atoms. The standard InChI is InChI=1S/C12H19N/c1-5-10-7-9(3)8-11(6-2)12(10)13-4/h7-8,13H,5-6H2,1-4H3. The maximum atomic E-state index is 3.29. The molecule has 0 atom stereocenters. The van der Waals surface area contributed by atoms with Crippen LogP contribution in [0.15, 0.2) is 12.1 Å². The number of nitrogens with one attached hydrogen (secondary N) is 1. The third kappa shape index (κ3) is 2.03. The van der Waals surface area contributed by atoms with Crippen LogP contribution < -0.4 is 5.32 Å². The van der Waals surface area contributed by atoms with Gasteiger partial charge >= 0.3 is 0 Å². The first-order valence-corrected chi connectivity index (χ1v) is 5.03. The third-order valence-corrected chi connectivity index (χ3v) is 2.46. The summed E-state index contributed by atoms with van der Waals surface area (Å²) in [7, 11) is 2.00. The van der Waals surface area contributed by atoms with Crippen LogP contribution in [0.4, 0.5) is 5.69 Å². The quantitative estimate of drug-likeness (QED) is 0.747. The van der Waals surface area contributed by atoms with Crippen molar-refractivity contribution in [1.82, 2.24) is 0 Å². The number of hydrogen-bond acceptors (Lipinski definition) is 1. The minimum absolute atomic E-state index is 1.10. The van der Waals surface area contributed by atoms with Crippen LogP contribution in [0.2, 0.25) is 0 Å². The Bertz CT molecular complexity index is 264. The van der Waals surface area contributed by atoms with E-state index in [-0.39, 0.29) is 0 Å². The van der Waals surface area contributed by atoms with E-state index in [1.807, 2.05) is 7.05 Å². The van der Waals surface area contributed by atoms with E-state index < -0.39 is 0 Å². The zero-order valence-corrected chi connectivity index (χ0v) is 9.07. The molecule has 0 aliphatic heterocycles. The lowest BCUT2D eigenvalue weighted by molar-refractivity contribution is 1.07. The molecule has 0 aliphatic rings. The molecule has 0 amide bonds. The monoisotopic (exact) mass is 177 g/mol. The molecule has 0 saturated heterocycles. The van der Waals surface area contributed by atoms with E-state index >= 15 is 0 Å². The maximum absolute atomic E-state index is 3.29. The predicted molar refractivity (Wildman–Crippen MR) is 59.5 cm³/mol. The van der Waals surface area contributed by atoms with Crippen molar-refractivity contribution in [2.24, 2.45) is 0 Å². The Balaban J connectivity index is 3.25. The lowest BCUT2D eigenvalue weighted by Crippen LogP contribution is -2.00. The van der Waals surface area contributed by atoms with E-state index in [1.54, 1.807) is 0 Å². The molecular weight excluding hydrogens is 158 g/mol. The molecule has 0 saturated carbocycles. The smallest absolute Gasteiger partial charge is 0.0402 e. The van der Waals surface area contributed by atoms with Crippen LogP contribution in [0.3, 0.4) is 0 Å². The van der Waals surface area contributed by atoms with Gasteiger partial charge in [-0.1, -0.05) is 31.5 Å². The highest BCUT2D eigenvalue weighted by atomic mass is 14.8. The van der Waals surface area contributed by atoms with E-state index in [2.05, 4.69) is 38.2 Å². The van der Waals surface area contributed by atoms with Gasteiger partial charge in [-0.15, -0.1) is 0 Å². The van der Waals surface area contributed by atoms with Gasteiger partial charge < -0.3 is 5.32 Å². The van der Waals surface area contributed by atoms with Crippen LogP contribution >= 0.6 is 0 Å². The van der Waals surface area contributed by atoms with E-state index in [9.17, 15) is 0 Å². The van der Waals surface area contributed by atoms with Gasteiger partial charge in [0.25, 0.3) is 0 Å². The highest BCUT2D eigenvalue weighted by Gasteiger charge is 2.04. The summed E-state index contributed by atoms with van der Waals surface area (Å²) in [4.78, 5) is 0. The second kappa shape index (κ2) is 4.31. The molecule has 0 bridgehead atoms. The Morgan fingerprint density at radius 2 is 1.54 bits per heavy atom. The van der Waals surface area contributed by atoms with Gasteiger partial charge in [0.1, 0.15) is 0 Å². The summed E-state index contributed by atoms with van der Waals surface area (Å²) in [6.07, 6.45) is 2.20. The van der Waals surface area contributed by atoms with Crippen molar-refractivity contribution in [3.05, 3.63) is 28.8 Å². The summed E-state index contributed by atoms with van der Waals surface area (Å²) in [5.41, 5.74) is 5.56. The molecule has 0 radical (unpaired) electrons. The number of rotatable bonds is 3. The van der Waals surface area contributed by atoms with Crippen LogP contribution in [0.5, 0.6) is 0 Å². The first kappa shape index (κ1) is 10.1. The second-order valence-electron chi connectivity index (χ2n) is 3.42. The third-order valence-electron chi connectivity index (χ3n) is 2.46. The summed E-state index contributed by atoms with van der Waals surface area (Å²) in [6.45, 7) is 6.57. The number of hydrogen-bond donors (Lipinski definition) is 1. The fourth-order valence-electron chi connectivity index (χ4n) is 1.82. The molecule has 0 aromatic heterocycles. The number of aryl methyl sites for hydroxylation is 3. The maximum Gasteiger partial charge on any atom is 0.0402 e. The fraction of sp³-hybridized carbons (Fsp3) is 0.500. The highest BCUT2D eigenvalue weighted by Crippen LogP contribution is 2.23. The summed E-state index contributed by atoms with van der Waals surface area (Å²) in [6, 6.07) is 4.54. The molecule has 0 unspecified atom stereocenters. The molecule has 1 rings (SSSR count). The SMILES string of the molecule is CCc1cc(C)cc(CC)c1NC. The normalized spacial score (nSPS) is 10.2. The van der Waals surface area contributed by atoms with E-state index in [1.165, 1.54) is 22.4 Å². The topological polar surface area (TPSA) is 12.0 Å². The van der Waals surface area contributed by atoms with Crippen molar-refractivity contribution in [1.29, 1.82) is 0 Å². The predicted octanol–water partition coefficient (Wildman–Crippen LogP) is 3.16. The van der Waals surface area contributed by atoms with Gasteiger partial charge in [0.2, 0.25) is 0 Å². The van der Waals surface area contributed by atoms with Gasteiger partial charge in [-0.3, -0.25) is 0 Å². The molecule has 0 heterocycles. The molecule has 0 fully saturated rings. The Kier molecular flexibility index (Phi) is 3.35. The first-order valence-electron chi connectivity index (χ1n) is 5.03. The molecular formula is C12H19N. The van der Waals surface area contributed by atoms with Crippen LogP contribution in [-0.2, 0) is 12.8 Å². The average Bonchev–Trinajstić information content (AvgIpc) is 2.16. The van der Waals surface area contributed by atoms with Crippen molar-refractivity contribution in [3.63, 3.8) is 0 Å². The van der Waals surface area contributed by atoms with E-state index in [4.69, 9.17) is 0 Å². The molecule has 0 aliphatic carbocycles. The fourth-order valence-corrected chi connectivity index (χ4v) is 1.82. The Morgan fingerprint density at radius 3 is 1.85 bits per heavy atom. The second-order valence-corrected chi connectivity index (χ2v) is 3.42. The largest absolute Gasteiger partial charge is 0.388 e. The molecule has 13 heavy (non-hydrogen) atoms. The zero-order chi connectivity index (χ0) is 9.84. The Hall–Kier alpha value is -0.980. The number of benzene rings is 1. The van der Waals surface area contributed by atoms with Crippen molar-refractivity contribution in [2.45, 2.75) is 33.6 Å². The van der Waals surface area contributed by atoms with Gasteiger partial charge in [0.15, 0.2) is 0 Å². The lowest BCUT2D eigenvalue weighted by Gasteiger charge is -2.13. The van der Waals surface area contributed by atoms with Crippen LogP contribution in [0.1, 0.15) is 30.5 Å². The minimum Gasteiger partial charge on any atom is -0.388 e. The first-order chi connectivity index (χ1) is 6.22. The van der Waals surface area contributed by atoms with Gasteiger partial charge in [-0.05, 0) is 30.9 Å².